The van der Waals surface area contributed by atoms with Crippen molar-refractivity contribution < 1.29 is 4.74 Å². The zero-order valence-corrected chi connectivity index (χ0v) is 12.4. The molecule has 2 rings (SSSR count). The van der Waals surface area contributed by atoms with Crippen molar-refractivity contribution in [3.05, 3.63) is 48.0 Å². The number of ether oxygens (including phenoxy) is 1. The molecule has 0 amide bonds. The smallest absolute Gasteiger partial charge is 0.118 e. The van der Waals surface area contributed by atoms with E-state index in [2.05, 4.69) is 35.5 Å². The van der Waals surface area contributed by atoms with Crippen LogP contribution in [-0.4, -0.2) is 16.7 Å². The molecule has 1 aromatic heterocycles. The van der Waals surface area contributed by atoms with E-state index in [0.29, 0.717) is 5.92 Å². The molecular formula is C16H23N3O. The number of nitrogens with zero attached hydrogens (tertiary/aromatic N) is 2. The standard InChI is InChI=1S/C16H23N3O/c1-12(2)8-15(17)16-9-18-11-19(16)10-13-4-6-14(20-3)7-5-13/h4-7,9,11-12,15H,8,10,17H2,1-3H3. The van der Waals surface area contributed by atoms with E-state index in [-0.39, 0.29) is 6.04 Å². The second-order valence-corrected chi connectivity index (χ2v) is 5.53. The lowest BCUT2D eigenvalue weighted by molar-refractivity contribution is 0.414. The van der Waals surface area contributed by atoms with Gasteiger partial charge in [-0.3, -0.25) is 0 Å². The molecule has 20 heavy (non-hydrogen) atoms. The Kier molecular flexibility index (Phi) is 4.79. The van der Waals surface area contributed by atoms with Crippen molar-refractivity contribution >= 4 is 0 Å². The fraction of sp³-hybridized carbons (Fsp3) is 0.438. The monoisotopic (exact) mass is 273 g/mol. The fourth-order valence-electron chi connectivity index (χ4n) is 2.33. The highest BCUT2D eigenvalue weighted by molar-refractivity contribution is 5.27. The third-order valence-electron chi connectivity index (χ3n) is 3.36. The molecule has 4 nitrogen and oxygen atoms in total. The molecule has 2 aromatic rings. The maximum atomic E-state index is 6.26. The zero-order chi connectivity index (χ0) is 14.5. The maximum Gasteiger partial charge on any atom is 0.118 e. The minimum atomic E-state index is 0.0377. The lowest BCUT2D eigenvalue weighted by Gasteiger charge is -2.16. The van der Waals surface area contributed by atoms with Crippen molar-refractivity contribution in [2.75, 3.05) is 7.11 Å². The van der Waals surface area contributed by atoms with Crippen molar-refractivity contribution in [1.29, 1.82) is 0 Å². The molecule has 0 aliphatic carbocycles. The first-order valence-electron chi connectivity index (χ1n) is 6.98. The van der Waals surface area contributed by atoms with Crippen LogP contribution in [0.1, 0.15) is 37.6 Å². The van der Waals surface area contributed by atoms with Crippen LogP contribution in [0.15, 0.2) is 36.8 Å². The number of methoxy groups -OCH3 is 1. The summed E-state index contributed by atoms with van der Waals surface area (Å²) in [7, 11) is 1.67. The van der Waals surface area contributed by atoms with Gasteiger partial charge in [0.2, 0.25) is 0 Å². The van der Waals surface area contributed by atoms with Gasteiger partial charge in [-0.2, -0.15) is 0 Å². The topological polar surface area (TPSA) is 53.1 Å². The highest BCUT2D eigenvalue weighted by Crippen LogP contribution is 2.20. The average molecular weight is 273 g/mol. The van der Waals surface area contributed by atoms with E-state index in [1.54, 1.807) is 7.11 Å². The van der Waals surface area contributed by atoms with Crippen LogP contribution < -0.4 is 10.5 Å². The lowest BCUT2D eigenvalue weighted by atomic mass is 10.0. The first kappa shape index (κ1) is 14.6. The third-order valence-corrected chi connectivity index (χ3v) is 3.36. The Morgan fingerprint density at radius 2 is 1.95 bits per heavy atom. The van der Waals surface area contributed by atoms with Gasteiger partial charge in [0.25, 0.3) is 0 Å². The molecule has 1 heterocycles. The third kappa shape index (κ3) is 3.61. The minimum absolute atomic E-state index is 0.0377. The molecule has 0 bridgehead atoms. The van der Waals surface area contributed by atoms with E-state index in [9.17, 15) is 0 Å². The first-order valence-corrected chi connectivity index (χ1v) is 6.98. The number of benzene rings is 1. The summed E-state index contributed by atoms with van der Waals surface area (Å²) in [6, 6.07) is 8.11. The summed E-state index contributed by atoms with van der Waals surface area (Å²) >= 11 is 0. The number of imidazole rings is 1. The van der Waals surface area contributed by atoms with E-state index in [0.717, 1.165) is 24.4 Å². The summed E-state index contributed by atoms with van der Waals surface area (Å²) in [5, 5.41) is 0. The molecule has 4 heteroatoms. The Morgan fingerprint density at radius 3 is 2.55 bits per heavy atom. The number of rotatable bonds is 6. The summed E-state index contributed by atoms with van der Waals surface area (Å²) in [4.78, 5) is 4.24. The Bertz CT molecular complexity index is 531. The number of hydrogen-bond acceptors (Lipinski definition) is 3. The van der Waals surface area contributed by atoms with Gasteiger partial charge in [0.15, 0.2) is 0 Å². The summed E-state index contributed by atoms with van der Waals surface area (Å²) in [5.41, 5.74) is 8.56. The number of nitrogens with two attached hydrogens (primary N) is 1. The molecule has 0 spiro atoms. The van der Waals surface area contributed by atoms with Gasteiger partial charge in [-0.25, -0.2) is 4.98 Å². The second kappa shape index (κ2) is 6.57. The van der Waals surface area contributed by atoms with Gasteiger partial charge in [0.05, 0.1) is 19.1 Å². The molecule has 0 fully saturated rings. The van der Waals surface area contributed by atoms with Gasteiger partial charge in [-0.15, -0.1) is 0 Å². The van der Waals surface area contributed by atoms with Crippen molar-refractivity contribution in [2.45, 2.75) is 32.9 Å². The predicted molar refractivity (Wildman–Crippen MR) is 80.7 cm³/mol. The first-order chi connectivity index (χ1) is 9.60. The summed E-state index contributed by atoms with van der Waals surface area (Å²) in [6.07, 6.45) is 4.69. The van der Waals surface area contributed by atoms with Crippen molar-refractivity contribution in [1.82, 2.24) is 9.55 Å². The highest BCUT2D eigenvalue weighted by Gasteiger charge is 2.13. The summed E-state index contributed by atoms with van der Waals surface area (Å²) in [5.74, 6) is 1.45. The van der Waals surface area contributed by atoms with E-state index >= 15 is 0 Å². The van der Waals surface area contributed by atoms with Crippen molar-refractivity contribution in [3.8, 4) is 5.75 Å². The van der Waals surface area contributed by atoms with E-state index in [4.69, 9.17) is 10.5 Å². The fourth-order valence-corrected chi connectivity index (χ4v) is 2.33. The van der Waals surface area contributed by atoms with Crippen LogP contribution in [-0.2, 0) is 6.54 Å². The van der Waals surface area contributed by atoms with Crippen molar-refractivity contribution in [3.63, 3.8) is 0 Å². The molecule has 0 saturated carbocycles. The van der Waals surface area contributed by atoms with E-state index in [1.807, 2.05) is 24.7 Å². The van der Waals surface area contributed by atoms with Gasteiger partial charge >= 0.3 is 0 Å². The lowest BCUT2D eigenvalue weighted by Crippen LogP contribution is -2.17. The van der Waals surface area contributed by atoms with Gasteiger partial charge < -0.3 is 15.0 Å². The molecule has 1 atom stereocenters. The van der Waals surface area contributed by atoms with Crippen LogP contribution in [0.25, 0.3) is 0 Å². The second-order valence-electron chi connectivity index (χ2n) is 5.53. The maximum absolute atomic E-state index is 6.26. The minimum Gasteiger partial charge on any atom is -0.497 e. The summed E-state index contributed by atoms with van der Waals surface area (Å²) < 4.78 is 7.29. The van der Waals surface area contributed by atoms with Gasteiger partial charge in [0, 0.05) is 18.8 Å². The van der Waals surface area contributed by atoms with Crippen LogP contribution >= 0.6 is 0 Å². The van der Waals surface area contributed by atoms with Gasteiger partial charge in [-0.1, -0.05) is 26.0 Å². The molecular weight excluding hydrogens is 250 g/mol. The van der Waals surface area contributed by atoms with Crippen LogP contribution in [0.3, 0.4) is 0 Å². The molecule has 2 N–H and O–H groups in total. The molecule has 0 radical (unpaired) electrons. The SMILES string of the molecule is COc1ccc(Cn2cncc2C(N)CC(C)C)cc1. The Balaban J connectivity index is 2.11. The average Bonchev–Trinajstić information content (AvgIpc) is 2.87. The largest absolute Gasteiger partial charge is 0.497 e. The Hall–Kier alpha value is -1.81. The van der Waals surface area contributed by atoms with Crippen molar-refractivity contribution in [2.24, 2.45) is 11.7 Å². The summed E-state index contributed by atoms with van der Waals surface area (Å²) in [6.45, 7) is 5.15. The molecule has 0 aliphatic heterocycles. The van der Waals surface area contributed by atoms with Crippen LogP contribution in [0.4, 0.5) is 0 Å². The normalized spacial score (nSPS) is 12.7. The van der Waals surface area contributed by atoms with Crippen LogP contribution in [0.5, 0.6) is 5.75 Å². The van der Waals surface area contributed by atoms with Crippen LogP contribution in [0, 0.1) is 5.92 Å². The zero-order valence-electron chi connectivity index (χ0n) is 12.4. The Morgan fingerprint density at radius 1 is 1.25 bits per heavy atom. The van der Waals surface area contributed by atoms with Crippen LogP contribution in [0.2, 0.25) is 0 Å². The molecule has 1 aromatic carbocycles. The quantitative estimate of drug-likeness (QED) is 0.880. The molecule has 0 saturated heterocycles. The molecule has 1 unspecified atom stereocenters. The van der Waals surface area contributed by atoms with E-state index in [1.165, 1.54) is 5.56 Å². The predicted octanol–water partition coefficient (Wildman–Crippen LogP) is 2.99. The Labute approximate surface area is 120 Å². The molecule has 0 aliphatic rings. The number of hydrogen-bond donors (Lipinski definition) is 1. The van der Waals surface area contributed by atoms with Gasteiger partial charge in [-0.05, 0) is 30.0 Å². The molecule has 108 valence electrons. The van der Waals surface area contributed by atoms with Gasteiger partial charge in [0.1, 0.15) is 5.75 Å². The van der Waals surface area contributed by atoms with E-state index < -0.39 is 0 Å². The number of aromatic nitrogens is 2. The highest BCUT2D eigenvalue weighted by atomic mass is 16.5.